The Hall–Kier alpha value is -1.92. The maximum Gasteiger partial charge on any atom is 0.238 e. The zero-order valence-corrected chi connectivity index (χ0v) is 14.7. The van der Waals surface area contributed by atoms with Crippen molar-refractivity contribution < 1.29 is 4.79 Å². The van der Waals surface area contributed by atoms with Crippen molar-refractivity contribution in [3.8, 4) is 5.69 Å². The highest BCUT2D eigenvalue weighted by atomic mass is 35.5. The van der Waals surface area contributed by atoms with Crippen LogP contribution in [0.3, 0.4) is 0 Å². The van der Waals surface area contributed by atoms with Gasteiger partial charge in [-0.3, -0.25) is 9.69 Å². The molecule has 0 saturated carbocycles. The van der Waals surface area contributed by atoms with E-state index >= 15 is 0 Å². The number of carbonyl (C=O) groups excluding carboxylic acids is 1. The van der Waals surface area contributed by atoms with Crippen LogP contribution in [-0.4, -0.2) is 45.2 Å². The van der Waals surface area contributed by atoms with Crippen LogP contribution in [0.2, 0.25) is 5.02 Å². The number of aromatic nitrogens is 3. The summed E-state index contributed by atoms with van der Waals surface area (Å²) in [5, 5.41) is 7.65. The third-order valence-electron chi connectivity index (χ3n) is 4.21. The minimum absolute atomic E-state index is 0.0417. The highest BCUT2D eigenvalue weighted by Gasteiger charge is 2.23. The summed E-state index contributed by atoms with van der Waals surface area (Å²) >= 11 is 6.08. The highest BCUT2D eigenvalue weighted by molar-refractivity contribution is 6.31. The minimum atomic E-state index is -0.0417. The summed E-state index contributed by atoms with van der Waals surface area (Å²) < 4.78 is 1.61. The molecule has 1 aliphatic rings. The quantitative estimate of drug-likeness (QED) is 0.923. The SMILES string of the molecule is C[C@@H]1C[C@H](C)CN(CC(=O)Nc2cc(Cl)ccc2-n2cncn2)C1. The van der Waals surface area contributed by atoms with Gasteiger partial charge in [0.1, 0.15) is 12.7 Å². The first-order chi connectivity index (χ1) is 11.5. The van der Waals surface area contributed by atoms with Gasteiger partial charge >= 0.3 is 0 Å². The van der Waals surface area contributed by atoms with Crippen molar-refractivity contribution in [2.24, 2.45) is 11.8 Å². The van der Waals surface area contributed by atoms with Crippen LogP contribution in [0.4, 0.5) is 5.69 Å². The summed E-state index contributed by atoms with van der Waals surface area (Å²) in [6.45, 7) is 6.78. The van der Waals surface area contributed by atoms with Gasteiger partial charge in [0.05, 0.1) is 17.9 Å². The summed E-state index contributed by atoms with van der Waals surface area (Å²) in [5.41, 5.74) is 1.38. The van der Waals surface area contributed by atoms with E-state index in [1.807, 2.05) is 6.07 Å². The lowest BCUT2D eigenvalue weighted by molar-refractivity contribution is -0.117. The van der Waals surface area contributed by atoms with E-state index in [2.05, 4.69) is 34.1 Å². The van der Waals surface area contributed by atoms with E-state index < -0.39 is 0 Å². The van der Waals surface area contributed by atoms with Crippen molar-refractivity contribution in [3.05, 3.63) is 35.9 Å². The molecule has 2 aromatic rings. The van der Waals surface area contributed by atoms with Gasteiger partial charge < -0.3 is 5.32 Å². The van der Waals surface area contributed by atoms with Crippen LogP contribution in [0.5, 0.6) is 0 Å². The zero-order valence-electron chi connectivity index (χ0n) is 13.9. The molecule has 2 heterocycles. The number of halogens is 1. The van der Waals surface area contributed by atoms with Crippen LogP contribution in [-0.2, 0) is 4.79 Å². The van der Waals surface area contributed by atoms with Gasteiger partial charge in [-0.15, -0.1) is 0 Å². The molecule has 6 nitrogen and oxygen atoms in total. The molecule has 1 aliphatic heterocycles. The maximum atomic E-state index is 12.5. The van der Waals surface area contributed by atoms with E-state index in [9.17, 15) is 4.79 Å². The average Bonchev–Trinajstić information content (AvgIpc) is 3.00. The molecule has 1 saturated heterocycles. The van der Waals surface area contributed by atoms with Crippen LogP contribution in [0.15, 0.2) is 30.9 Å². The maximum absolute atomic E-state index is 12.5. The van der Waals surface area contributed by atoms with Crippen molar-refractivity contribution in [2.45, 2.75) is 20.3 Å². The van der Waals surface area contributed by atoms with E-state index in [4.69, 9.17) is 11.6 Å². The summed E-state index contributed by atoms with van der Waals surface area (Å²) in [7, 11) is 0. The Morgan fingerprint density at radius 2 is 2.08 bits per heavy atom. The van der Waals surface area contributed by atoms with E-state index in [1.165, 1.54) is 12.7 Å². The molecule has 0 unspecified atom stereocenters. The second-order valence-corrected chi connectivity index (χ2v) is 7.13. The Kier molecular flexibility index (Phi) is 5.16. The number of likely N-dealkylation sites (tertiary alicyclic amines) is 1. The molecule has 1 amide bonds. The number of nitrogens with one attached hydrogen (secondary N) is 1. The second-order valence-electron chi connectivity index (χ2n) is 6.69. The van der Waals surface area contributed by atoms with Gasteiger partial charge in [-0.1, -0.05) is 25.4 Å². The van der Waals surface area contributed by atoms with Crippen LogP contribution >= 0.6 is 11.6 Å². The molecule has 3 rings (SSSR count). The molecule has 0 bridgehead atoms. The lowest BCUT2D eigenvalue weighted by Crippen LogP contribution is -2.42. The molecule has 0 radical (unpaired) electrons. The van der Waals surface area contributed by atoms with Gasteiger partial charge in [0.25, 0.3) is 0 Å². The van der Waals surface area contributed by atoms with Crippen molar-refractivity contribution in [1.82, 2.24) is 19.7 Å². The molecule has 0 spiro atoms. The Balaban J connectivity index is 1.71. The van der Waals surface area contributed by atoms with E-state index in [-0.39, 0.29) is 5.91 Å². The van der Waals surface area contributed by atoms with Gasteiger partial charge in [-0.05, 0) is 36.5 Å². The first-order valence-corrected chi connectivity index (χ1v) is 8.56. The molecule has 7 heteroatoms. The number of benzene rings is 1. The average molecular weight is 348 g/mol. The molecule has 1 fully saturated rings. The summed E-state index contributed by atoms with van der Waals surface area (Å²) in [4.78, 5) is 18.7. The highest BCUT2D eigenvalue weighted by Crippen LogP contribution is 2.24. The summed E-state index contributed by atoms with van der Waals surface area (Å²) in [6.07, 6.45) is 4.27. The van der Waals surface area contributed by atoms with Gasteiger partial charge in [0.15, 0.2) is 0 Å². The van der Waals surface area contributed by atoms with Crippen molar-refractivity contribution in [1.29, 1.82) is 0 Å². The molecule has 24 heavy (non-hydrogen) atoms. The Morgan fingerprint density at radius 3 is 2.75 bits per heavy atom. The molecule has 0 aliphatic carbocycles. The lowest BCUT2D eigenvalue weighted by atomic mass is 9.92. The number of hydrogen-bond donors (Lipinski definition) is 1. The van der Waals surface area contributed by atoms with Crippen molar-refractivity contribution in [2.75, 3.05) is 25.0 Å². The number of hydrogen-bond acceptors (Lipinski definition) is 4. The first-order valence-electron chi connectivity index (χ1n) is 8.18. The number of nitrogens with zero attached hydrogens (tertiary/aromatic N) is 4. The van der Waals surface area contributed by atoms with Crippen LogP contribution in [0.1, 0.15) is 20.3 Å². The fourth-order valence-corrected chi connectivity index (χ4v) is 3.63. The van der Waals surface area contributed by atoms with Crippen LogP contribution in [0.25, 0.3) is 5.69 Å². The van der Waals surface area contributed by atoms with Gasteiger partial charge in [-0.2, -0.15) is 5.10 Å². The van der Waals surface area contributed by atoms with Crippen LogP contribution < -0.4 is 5.32 Å². The molecule has 1 N–H and O–H groups in total. The van der Waals surface area contributed by atoms with Gasteiger partial charge in [0, 0.05) is 18.1 Å². The van der Waals surface area contributed by atoms with Gasteiger partial charge in [-0.25, -0.2) is 9.67 Å². The third-order valence-corrected chi connectivity index (χ3v) is 4.45. The number of piperidine rings is 1. The summed E-state index contributed by atoms with van der Waals surface area (Å²) in [5.74, 6) is 1.21. The van der Waals surface area contributed by atoms with Gasteiger partial charge in [0.2, 0.25) is 5.91 Å². The number of anilines is 1. The first kappa shape index (κ1) is 16.9. The Bertz CT molecular complexity index is 693. The predicted octanol–water partition coefficient (Wildman–Crippen LogP) is 2.84. The zero-order chi connectivity index (χ0) is 17.1. The predicted molar refractivity (Wildman–Crippen MR) is 94.4 cm³/mol. The van der Waals surface area contributed by atoms with E-state index in [0.717, 1.165) is 18.8 Å². The normalized spacial score (nSPS) is 21.6. The topological polar surface area (TPSA) is 63.1 Å². The largest absolute Gasteiger partial charge is 0.323 e. The minimum Gasteiger partial charge on any atom is -0.323 e. The van der Waals surface area contributed by atoms with E-state index in [1.54, 1.807) is 23.1 Å². The molecular formula is C17H22ClN5O. The van der Waals surface area contributed by atoms with E-state index in [0.29, 0.717) is 29.1 Å². The Labute approximate surface area is 146 Å². The molecule has 1 aromatic carbocycles. The van der Waals surface area contributed by atoms with Crippen LogP contribution in [0, 0.1) is 11.8 Å². The molecular weight excluding hydrogens is 326 g/mol. The molecule has 1 aromatic heterocycles. The fourth-order valence-electron chi connectivity index (χ4n) is 3.45. The molecule has 128 valence electrons. The van der Waals surface area contributed by atoms with Crippen molar-refractivity contribution in [3.63, 3.8) is 0 Å². The number of carbonyl (C=O) groups is 1. The number of amides is 1. The Morgan fingerprint density at radius 1 is 1.33 bits per heavy atom. The smallest absolute Gasteiger partial charge is 0.238 e. The lowest BCUT2D eigenvalue weighted by Gasteiger charge is -2.34. The summed E-state index contributed by atoms with van der Waals surface area (Å²) in [6, 6.07) is 5.32. The fraction of sp³-hybridized carbons (Fsp3) is 0.471. The molecule has 2 atom stereocenters. The third kappa shape index (κ3) is 4.13. The number of rotatable bonds is 4. The standard InChI is InChI=1S/C17H22ClN5O/c1-12-5-13(2)8-22(7-12)9-17(24)21-15-6-14(18)3-4-16(15)23-11-19-10-20-23/h3-4,6,10-13H,5,7-9H2,1-2H3,(H,21,24)/t12-,13+. The second kappa shape index (κ2) is 7.32. The van der Waals surface area contributed by atoms with Crippen molar-refractivity contribution >= 4 is 23.2 Å². The monoisotopic (exact) mass is 347 g/mol.